The highest BCUT2D eigenvalue weighted by Gasteiger charge is 2.36. The minimum absolute atomic E-state index is 0.0189. The Bertz CT molecular complexity index is 1180. The van der Waals surface area contributed by atoms with E-state index in [1.807, 2.05) is 20.8 Å². The molecule has 1 atom stereocenters. The van der Waals surface area contributed by atoms with E-state index in [1.165, 1.54) is 11.8 Å². The van der Waals surface area contributed by atoms with E-state index in [4.69, 9.17) is 17.0 Å². The number of nitriles is 1. The van der Waals surface area contributed by atoms with Crippen LogP contribution in [0.1, 0.15) is 70.1 Å². The topological polar surface area (TPSA) is 95.6 Å². The highest BCUT2D eigenvalue weighted by atomic mass is 32.2. The lowest BCUT2D eigenvalue weighted by atomic mass is 9.95. The standard InChI is InChI=1S/C26H34N4O4S2/c1-6-11-29-22(28-12-9-18(10-13-28)25(33)34-8-3)19(17(5)20(15-27)23(29)31)14-21-24(32)30(16(4)7-2)26(35)36-21/h14,16,18H,6-13H2,1-5H3. The first kappa shape index (κ1) is 27.9. The van der Waals surface area contributed by atoms with Gasteiger partial charge in [0.25, 0.3) is 11.5 Å². The van der Waals surface area contributed by atoms with Crippen LogP contribution in [0.4, 0.5) is 5.82 Å². The number of amides is 1. The minimum atomic E-state index is -0.330. The number of piperidine rings is 1. The van der Waals surface area contributed by atoms with Crippen LogP contribution in [-0.2, 0) is 20.9 Å². The van der Waals surface area contributed by atoms with Crippen molar-refractivity contribution in [3.05, 3.63) is 31.9 Å². The maximum Gasteiger partial charge on any atom is 0.309 e. The third-order valence-corrected chi connectivity index (χ3v) is 8.17. The van der Waals surface area contributed by atoms with Crippen LogP contribution >= 0.6 is 24.0 Å². The van der Waals surface area contributed by atoms with E-state index < -0.39 is 0 Å². The largest absolute Gasteiger partial charge is 0.466 e. The zero-order valence-corrected chi connectivity index (χ0v) is 23.3. The average molecular weight is 531 g/mol. The summed E-state index contributed by atoms with van der Waals surface area (Å²) in [5.74, 6) is 0.169. The van der Waals surface area contributed by atoms with Crippen molar-refractivity contribution in [2.75, 3.05) is 24.6 Å². The molecule has 2 aliphatic heterocycles. The summed E-state index contributed by atoms with van der Waals surface area (Å²) in [6.45, 7) is 11.4. The summed E-state index contributed by atoms with van der Waals surface area (Å²) in [4.78, 5) is 43.1. The van der Waals surface area contributed by atoms with Crippen LogP contribution in [0.5, 0.6) is 0 Å². The third-order valence-electron chi connectivity index (χ3n) is 6.84. The van der Waals surface area contributed by atoms with Gasteiger partial charge >= 0.3 is 5.97 Å². The third kappa shape index (κ3) is 5.37. The molecule has 1 unspecified atom stereocenters. The van der Waals surface area contributed by atoms with Gasteiger partial charge in [-0.2, -0.15) is 5.26 Å². The number of esters is 1. The predicted molar refractivity (Wildman–Crippen MR) is 147 cm³/mol. The second-order valence-electron chi connectivity index (χ2n) is 9.13. The summed E-state index contributed by atoms with van der Waals surface area (Å²) in [5, 5.41) is 9.82. The Morgan fingerprint density at radius 3 is 2.50 bits per heavy atom. The molecule has 0 radical (unpaired) electrons. The zero-order chi connectivity index (χ0) is 26.6. The number of hydrogen-bond donors (Lipinski definition) is 0. The summed E-state index contributed by atoms with van der Waals surface area (Å²) < 4.78 is 7.37. The Hall–Kier alpha value is -2.64. The number of nitrogens with zero attached hydrogens (tertiary/aromatic N) is 4. The molecule has 10 heteroatoms. The second-order valence-corrected chi connectivity index (χ2v) is 10.8. The first-order valence-electron chi connectivity index (χ1n) is 12.6. The van der Waals surface area contributed by atoms with Gasteiger partial charge in [0.1, 0.15) is 21.8 Å². The van der Waals surface area contributed by atoms with Crippen molar-refractivity contribution in [1.82, 2.24) is 9.47 Å². The number of aromatic nitrogens is 1. The summed E-state index contributed by atoms with van der Waals surface area (Å²) in [6, 6.07) is 2.06. The number of carbonyl (C=O) groups is 2. The number of rotatable bonds is 8. The molecule has 8 nitrogen and oxygen atoms in total. The lowest BCUT2D eigenvalue weighted by molar-refractivity contribution is -0.148. The molecule has 1 aromatic heterocycles. The molecule has 0 aromatic carbocycles. The number of hydrogen-bond acceptors (Lipinski definition) is 8. The van der Waals surface area contributed by atoms with E-state index in [-0.39, 0.29) is 35.0 Å². The Morgan fingerprint density at radius 2 is 1.94 bits per heavy atom. The quantitative estimate of drug-likeness (QED) is 0.280. The predicted octanol–water partition coefficient (Wildman–Crippen LogP) is 4.22. The van der Waals surface area contributed by atoms with Gasteiger partial charge in [-0.15, -0.1) is 0 Å². The SMILES string of the molecule is CCCn1c(N2CCC(C(=O)OCC)CC2)c(C=C2SC(=S)N(C(C)CC)C2=O)c(C)c(C#N)c1=O. The smallest absolute Gasteiger partial charge is 0.309 e. The normalized spacial score (nSPS) is 18.6. The molecule has 3 heterocycles. The molecule has 0 saturated carbocycles. The van der Waals surface area contributed by atoms with E-state index in [1.54, 1.807) is 29.4 Å². The lowest BCUT2D eigenvalue weighted by Crippen LogP contribution is -2.41. The van der Waals surface area contributed by atoms with Crippen LogP contribution in [0.15, 0.2) is 9.70 Å². The molecule has 1 amide bonds. The fourth-order valence-electron chi connectivity index (χ4n) is 4.68. The van der Waals surface area contributed by atoms with Gasteiger partial charge in [0.15, 0.2) is 0 Å². The molecule has 1 aromatic rings. The first-order chi connectivity index (χ1) is 17.2. The number of thiocarbonyl (C=S) groups is 1. The fraction of sp³-hybridized carbons (Fsp3) is 0.577. The maximum absolute atomic E-state index is 13.3. The number of ether oxygens (including phenoxy) is 1. The summed E-state index contributed by atoms with van der Waals surface area (Å²) >= 11 is 6.76. The van der Waals surface area contributed by atoms with Crippen molar-refractivity contribution in [1.29, 1.82) is 5.26 Å². The molecule has 3 rings (SSSR count). The maximum atomic E-state index is 13.3. The molecule has 36 heavy (non-hydrogen) atoms. The van der Waals surface area contributed by atoms with Gasteiger partial charge in [-0.1, -0.05) is 37.8 Å². The van der Waals surface area contributed by atoms with Gasteiger partial charge in [0.2, 0.25) is 0 Å². The second kappa shape index (κ2) is 12.1. The molecule has 194 valence electrons. The molecule has 0 spiro atoms. The molecule has 0 N–H and O–H groups in total. The van der Waals surface area contributed by atoms with Gasteiger partial charge in [-0.05, 0) is 58.1 Å². The summed E-state index contributed by atoms with van der Waals surface area (Å²) in [5.41, 5.74) is 0.978. The average Bonchev–Trinajstić information content (AvgIpc) is 3.14. The Labute approximate surface area is 222 Å². The van der Waals surface area contributed by atoms with Crippen molar-refractivity contribution in [3.63, 3.8) is 0 Å². The van der Waals surface area contributed by atoms with Gasteiger partial charge in [0, 0.05) is 31.2 Å². The van der Waals surface area contributed by atoms with Crippen LogP contribution in [0.3, 0.4) is 0 Å². The van der Waals surface area contributed by atoms with Gasteiger partial charge in [-0.3, -0.25) is 23.9 Å². The number of anilines is 1. The molecule has 0 bridgehead atoms. The minimum Gasteiger partial charge on any atom is -0.466 e. The van der Waals surface area contributed by atoms with Crippen molar-refractivity contribution in [2.24, 2.45) is 5.92 Å². The van der Waals surface area contributed by atoms with E-state index in [0.717, 1.165) is 6.42 Å². The highest BCUT2D eigenvalue weighted by Crippen LogP contribution is 2.38. The Morgan fingerprint density at radius 1 is 1.28 bits per heavy atom. The lowest BCUT2D eigenvalue weighted by Gasteiger charge is -2.35. The van der Waals surface area contributed by atoms with Crippen LogP contribution in [0.25, 0.3) is 6.08 Å². The Kier molecular flexibility index (Phi) is 9.36. The van der Waals surface area contributed by atoms with Gasteiger partial charge in [-0.25, -0.2) is 0 Å². The van der Waals surface area contributed by atoms with Crippen LogP contribution < -0.4 is 10.5 Å². The molecule has 0 aliphatic carbocycles. The van der Waals surface area contributed by atoms with Gasteiger partial charge < -0.3 is 9.64 Å². The molecular formula is C26H34N4O4S2. The van der Waals surface area contributed by atoms with Crippen LogP contribution in [0, 0.1) is 24.2 Å². The van der Waals surface area contributed by atoms with E-state index in [2.05, 4.69) is 11.0 Å². The van der Waals surface area contributed by atoms with Crippen molar-refractivity contribution < 1.29 is 14.3 Å². The van der Waals surface area contributed by atoms with Gasteiger partial charge in [0.05, 0.1) is 17.4 Å². The van der Waals surface area contributed by atoms with E-state index in [0.29, 0.717) is 71.7 Å². The molecular weight excluding hydrogens is 496 g/mol. The monoisotopic (exact) mass is 530 g/mol. The van der Waals surface area contributed by atoms with Crippen LogP contribution in [-0.4, -0.2) is 51.4 Å². The Balaban J connectivity index is 2.13. The fourth-order valence-corrected chi connectivity index (χ4v) is 6.12. The number of carbonyl (C=O) groups excluding carboxylic acids is 2. The highest BCUT2D eigenvalue weighted by molar-refractivity contribution is 8.26. The van der Waals surface area contributed by atoms with Crippen molar-refractivity contribution in [2.45, 2.75) is 72.9 Å². The van der Waals surface area contributed by atoms with Crippen molar-refractivity contribution >= 4 is 52.1 Å². The zero-order valence-electron chi connectivity index (χ0n) is 21.6. The first-order valence-corrected chi connectivity index (χ1v) is 13.8. The van der Waals surface area contributed by atoms with Crippen LogP contribution in [0.2, 0.25) is 0 Å². The van der Waals surface area contributed by atoms with E-state index >= 15 is 0 Å². The summed E-state index contributed by atoms with van der Waals surface area (Å²) in [7, 11) is 0. The number of pyridine rings is 1. The summed E-state index contributed by atoms with van der Waals surface area (Å²) in [6.07, 6.45) is 4.48. The molecule has 2 saturated heterocycles. The molecule has 2 fully saturated rings. The molecule has 2 aliphatic rings. The van der Waals surface area contributed by atoms with Crippen molar-refractivity contribution in [3.8, 4) is 6.07 Å². The van der Waals surface area contributed by atoms with E-state index in [9.17, 15) is 19.6 Å². The number of thioether (sulfide) groups is 1.